The number of nitrogens with zero attached hydrogens (tertiary/aromatic N) is 4. The quantitative estimate of drug-likeness (QED) is 0.689. The van der Waals surface area contributed by atoms with Crippen LogP contribution in [0.15, 0.2) is 43.0 Å². The van der Waals surface area contributed by atoms with Crippen LogP contribution in [0.4, 0.5) is 14.5 Å². The van der Waals surface area contributed by atoms with Crippen LogP contribution in [0.2, 0.25) is 0 Å². The second-order valence-electron chi connectivity index (χ2n) is 4.82. The van der Waals surface area contributed by atoms with E-state index in [-0.39, 0.29) is 24.6 Å². The number of rotatable bonds is 4. The first-order chi connectivity index (χ1) is 12.0. The first-order valence-electron chi connectivity index (χ1n) is 6.81. The van der Waals surface area contributed by atoms with Gasteiger partial charge in [0.25, 0.3) is 5.91 Å². The summed E-state index contributed by atoms with van der Waals surface area (Å²) in [7, 11) is 0. The van der Waals surface area contributed by atoms with E-state index >= 15 is 0 Å². The normalized spacial score (nSPS) is 10.1. The van der Waals surface area contributed by atoms with Crippen LogP contribution in [0.25, 0.3) is 5.82 Å². The average molecular weight is 352 g/mol. The van der Waals surface area contributed by atoms with Crippen molar-refractivity contribution in [3.05, 3.63) is 65.9 Å². The van der Waals surface area contributed by atoms with E-state index in [9.17, 15) is 18.4 Å². The molecule has 1 amide bonds. The van der Waals surface area contributed by atoms with Crippen LogP contribution < -0.4 is 5.32 Å². The van der Waals surface area contributed by atoms with E-state index in [1.54, 1.807) is 17.0 Å². The first-order valence-corrected chi connectivity index (χ1v) is 6.81. The minimum Gasteiger partial charge on any atom is -0.478 e. The number of carboxylic acids is 1. The number of halogens is 2. The van der Waals surface area contributed by atoms with Crippen molar-refractivity contribution in [3.8, 4) is 5.82 Å². The molecule has 0 unspecified atom stereocenters. The number of anilines is 1. The van der Waals surface area contributed by atoms with Gasteiger partial charge in [-0.3, -0.25) is 9.36 Å². The Morgan fingerprint density at radius 1 is 1.12 bits per heavy atom. The van der Waals surface area contributed by atoms with Crippen LogP contribution in [-0.4, -0.2) is 55.6 Å². The molecule has 0 saturated heterocycles. The van der Waals surface area contributed by atoms with E-state index in [1.807, 2.05) is 0 Å². The zero-order valence-corrected chi connectivity index (χ0v) is 13.3. The number of carbonyl (C=O) groups excluding carboxylic acids is 1. The molecule has 2 aromatic heterocycles. The predicted molar refractivity (Wildman–Crippen MR) is 86.2 cm³/mol. The van der Waals surface area contributed by atoms with Gasteiger partial charge in [-0.2, -0.15) is 0 Å². The van der Waals surface area contributed by atoms with Crippen molar-refractivity contribution in [2.45, 2.75) is 0 Å². The number of imidazole rings is 1. The maximum atomic E-state index is 13.3. The molecule has 0 aliphatic rings. The van der Waals surface area contributed by atoms with Gasteiger partial charge < -0.3 is 10.4 Å². The third-order valence-corrected chi connectivity index (χ3v) is 3.19. The molecule has 11 heteroatoms. The molecular weight excluding hydrogens is 343 g/mol. The number of aromatic carboxylic acids is 1. The minimum atomic E-state index is -1.52. The number of aromatic nitrogens is 4. The molecule has 3 rings (SSSR count). The fourth-order valence-corrected chi connectivity index (χ4v) is 1.99. The van der Waals surface area contributed by atoms with E-state index in [0.717, 1.165) is 0 Å². The molecule has 127 valence electrons. The molecule has 0 bridgehead atoms. The molecule has 26 heavy (non-hydrogen) atoms. The minimum absolute atomic E-state index is 0. The summed E-state index contributed by atoms with van der Waals surface area (Å²) < 4.78 is 28.1. The third-order valence-electron chi connectivity index (χ3n) is 3.19. The second-order valence-corrected chi connectivity index (χ2v) is 4.82. The second kappa shape index (κ2) is 7.86. The van der Waals surface area contributed by atoms with E-state index in [1.165, 1.54) is 18.5 Å². The topological polar surface area (TPSA) is 110 Å². The Balaban J connectivity index is 0.00000243. The maximum absolute atomic E-state index is 13.3. The summed E-state index contributed by atoms with van der Waals surface area (Å²) in [5.74, 6) is -4.55. The van der Waals surface area contributed by atoms with Gasteiger partial charge in [-0.25, -0.2) is 18.6 Å². The molecule has 1 radical (unpaired) electrons. The Labute approximate surface area is 157 Å². The molecule has 1 aromatic carbocycles. The van der Waals surface area contributed by atoms with Gasteiger partial charge in [0.15, 0.2) is 23.1 Å². The van der Waals surface area contributed by atoms with Gasteiger partial charge in [-0.1, -0.05) is 0 Å². The molecule has 0 atom stereocenters. The van der Waals surface area contributed by atoms with Crippen LogP contribution in [0.3, 0.4) is 0 Å². The zero-order valence-electron chi connectivity index (χ0n) is 13.3. The van der Waals surface area contributed by atoms with Crippen molar-refractivity contribution >= 4 is 36.4 Å². The fraction of sp³-hybridized carbons (Fsp3) is 0. The van der Waals surface area contributed by atoms with Crippen LogP contribution in [-0.2, 0) is 0 Å². The Bertz CT molecular complexity index is 949. The van der Waals surface area contributed by atoms with Crippen molar-refractivity contribution < 1.29 is 23.5 Å². The molecule has 0 aliphatic heterocycles. The van der Waals surface area contributed by atoms with Crippen molar-refractivity contribution in [2.24, 2.45) is 0 Å². The van der Waals surface area contributed by atoms with Crippen molar-refractivity contribution in [2.75, 3.05) is 5.32 Å². The monoisotopic (exact) mass is 352 g/mol. The molecule has 8 nitrogen and oxygen atoms in total. The molecule has 0 saturated carbocycles. The summed E-state index contributed by atoms with van der Waals surface area (Å²) in [4.78, 5) is 27.1. The summed E-state index contributed by atoms with van der Waals surface area (Å²) in [6.07, 6.45) is 4.66. The Morgan fingerprint density at radius 3 is 2.42 bits per heavy atom. The van der Waals surface area contributed by atoms with Gasteiger partial charge in [0.1, 0.15) is 6.33 Å². The number of carbonyl (C=O) groups is 2. The van der Waals surface area contributed by atoms with E-state index < -0.39 is 34.8 Å². The number of hydrogen-bond donors (Lipinski definition) is 2. The molecule has 2 N–H and O–H groups in total. The molecule has 2 heterocycles. The van der Waals surface area contributed by atoms with E-state index in [2.05, 4.69) is 20.5 Å². The van der Waals surface area contributed by atoms with Gasteiger partial charge in [-0.15, -0.1) is 10.2 Å². The Morgan fingerprint density at radius 2 is 1.85 bits per heavy atom. The van der Waals surface area contributed by atoms with Crippen LogP contribution in [0, 0.1) is 11.6 Å². The van der Waals surface area contributed by atoms with Gasteiger partial charge in [0, 0.05) is 37.3 Å². The molecule has 0 spiro atoms. The Hall–Kier alpha value is -3.09. The molecule has 0 fully saturated rings. The number of carboxylic acid groups (broad SMARTS) is 1. The van der Waals surface area contributed by atoms with Gasteiger partial charge >= 0.3 is 5.97 Å². The molecule has 3 aromatic rings. The third kappa shape index (κ3) is 3.93. The SMILES string of the molecule is O=C(Nc1cc(F)c(F)cc1C(=O)O)c1ccc(-n2ccnc2)nn1.[Li]. The van der Waals surface area contributed by atoms with Crippen LogP contribution in [0.1, 0.15) is 20.8 Å². The largest absolute Gasteiger partial charge is 0.478 e. The summed E-state index contributed by atoms with van der Waals surface area (Å²) in [6, 6.07) is 3.91. The summed E-state index contributed by atoms with van der Waals surface area (Å²) in [5.41, 5.74) is -1.11. The van der Waals surface area contributed by atoms with Crippen LogP contribution >= 0.6 is 0 Å². The van der Waals surface area contributed by atoms with Crippen molar-refractivity contribution in [3.63, 3.8) is 0 Å². The summed E-state index contributed by atoms with van der Waals surface area (Å²) >= 11 is 0. The van der Waals surface area contributed by atoms with E-state index in [0.29, 0.717) is 18.0 Å². The van der Waals surface area contributed by atoms with Crippen molar-refractivity contribution in [1.82, 2.24) is 19.7 Å². The average Bonchev–Trinajstić information content (AvgIpc) is 3.12. The van der Waals surface area contributed by atoms with Gasteiger partial charge in [0.05, 0.1) is 11.3 Å². The standard InChI is InChI=1S/C15H9F2N5O3.Li/c16-9-5-8(15(24)25)12(6-10(9)17)19-14(23)11-1-2-13(21-20-11)22-4-3-18-7-22;/h1-7H,(H,19,23)(H,24,25);. The Kier molecular flexibility index (Phi) is 5.81. The zero-order chi connectivity index (χ0) is 18.0. The van der Waals surface area contributed by atoms with E-state index in [4.69, 9.17) is 5.11 Å². The predicted octanol–water partition coefficient (Wildman–Crippen LogP) is 1.51. The first kappa shape index (κ1) is 19.2. The molecule has 0 aliphatic carbocycles. The number of nitrogens with one attached hydrogen (secondary N) is 1. The van der Waals surface area contributed by atoms with Crippen LogP contribution in [0.5, 0.6) is 0 Å². The van der Waals surface area contributed by atoms with Crippen molar-refractivity contribution in [1.29, 1.82) is 0 Å². The number of benzene rings is 1. The maximum Gasteiger partial charge on any atom is 0.337 e. The smallest absolute Gasteiger partial charge is 0.337 e. The number of amides is 1. The molecular formula is C15H9F2LiN5O3. The fourth-order valence-electron chi connectivity index (χ4n) is 1.99. The van der Waals surface area contributed by atoms with Gasteiger partial charge in [-0.05, 0) is 18.2 Å². The summed E-state index contributed by atoms with van der Waals surface area (Å²) in [5, 5.41) is 18.8. The summed E-state index contributed by atoms with van der Waals surface area (Å²) in [6.45, 7) is 0. The number of hydrogen-bond acceptors (Lipinski definition) is 5. The van der Waals surface area contributed by atoms with Gasteiger partial charge in [0.2, 0.25) is 0 Å².